The summed E-state index contributed by atoms with van der Waals surface area (Å²) in [5.74, 6) is 0. The molecule has 0 atom stereocenters. The lowest BCUT2D eigenvalue weighted by Crippen LogP contribution is -2.36. The Morgan fingerprint density at radius 1 is 1.27 bits per heavy atom. The summed E-state index contributed by atoms with van der Waals surface area (Å²) in [6.07, 6.45) is 3.49. The van der Waals surface area contributed by atoms with E-state index >= 15 is 0 Å². The number of pyridine rings is 1. The van der Waals surface area contributed by atoms with E-state index in [1.54, 1.807) is 6.33 Å². The largest absolute Gasteiger partial charge is 0.378 e. The first-order valence-electron chi connectivity index (χ1n) is 5.06. The number of hydrogen-bond donors (Lipinski definition) is 1. The topological polar surface area (TPSA) is 54.0 Å². The van der Waals surface area contributed by atoms with Gasteiger partial charge in [0.1, 0.15) is 5.52 Å². The van der Waals surface area contributed by atoms with Crippen LogP contribution in [-0.4, -0.2) is 41.3 Å². The molecular formula is C10H12N4O. The first-order chi connectivity index (χ1) is 7.45. The second-order valence-corrected chi connectivity index (χ2v) is 3.53. The van der Waals surface area contributed by atoms with Gasteiger partial charge in [-0.05, 0) is 6.07 Å². The Kier molecular flexibility index (Phi) is 2.03. The minimum absolute atomic E-state index is 0.786. The lowest BCUT2D eigenvalue weighted by Gasteiger charge is -2.28. The van der Waals surface area contributed by atoms with Gasteiger partial charge in [0.05, 0.1) is 25.2 Å². The van der Waals surface area contributed by atoms with E-state index in [9.17, 15) is 0 Å². The van der Waals surface area contributed by atoms with Crippen molar-refractivity contribution in [3.8, 4) is 0 Å². The van der Waals surface area contributed by atoms with Gasteiger partial charge in [-0.1, -0.05) is 0 Å². The number of nitrogens with one attached hydrogen (secondary N) is 1. The number of aromatic nitrogens is 3. The van der Waals surface area contributed by atoms with Crippen molar-refractivity contribution in [2.24, 2.45) is 0 Å². The molecule has 0 amide bonds. The molecule has 0 aromatic carbocycles. The predicted octanol–water partition coefficient (Wildman–Crippen LogP) is 0.794. The van der Waals surface area contributed by atoms with Crippen LogP contribution in [0.15, 0.2) is 18.6 Å². The van der Waals surface area contributed by atoms with Crippen molar-refractivity contribution in [3.63, 3.8) is 0 Å². The third-order valence-electron chi connectivity index (χ3n) is 2.65. The van der Waals surface area contributed by atoms with Crippen molar-refractivity contribution in [2.75, 3.05) is 31.2 Å². The van der Waals surface area contributed by atoms with E-state index in [1.807, 2.05) is 12.3 Å². The number of H-pyrrole nitrogens is 1. The summed E-state index contributed by atoms with van der Waals surface area (Å²) in [6, 6.07) is 2.01. The minimum Gasteiger partial charge on any atom is -0.378 e. The van der Waals surface area contributed by atoms with Gasteiger partial charge < -0.3 is 14.6 Å². The summed E-state index contributed by atoms with van der Waals surface area (Å²) in [7, 11) is 0. The molecule has 0 saturated carbocycles. The van der Waals surface area contributed by atoms with Gasteiger partial charge in [-0.2, -0.15) is 0 Å². The molecule has 1 fully saturated rings. The van der Waals surface area contributed by atoms with E-state index < -0.39 is 0 Å². The van der Waals surface area contributed by atoms with Crippen molar-refractivity contribution < 1.29 is 4.74 Å². The summed E-state index contributed by atoms with van der Waals surface area (Å²) >= 11 is 0. The monoisotopic (exact) mass is 204 g/mol. The van der Waals surface area contributed by atoms with Crippen LogP contribution in [-0.2, 0) is 4.74 Å². The maximum Gasteiger partial charge on any atom is 0.159 e. The number of ether oxygens (including phenoxy) is 1. The zero-order valence-electron chi connectivity index (χ0n) is 8.31. The molecule has 0 unspecified atom stereocenters. The van der Waals surface area contributed by atoms with E-state index in [4.69, 9.17) is 4.74 Å². The minimum atomic E-state index is 0.786. The molecule has 0 aliphatic carbocycles. The summed E-state index contributed by atoms with van der Waals surface area (Å²) in [6.45, 7) is 3.42. The Morgan fingerprint density at radius 2 is 2.13 bits per heavy atom. The SMILES string of the molecule is c1cc(N2CCOCC2)c2nc[nH]c2n1. The maximum absolute atomic E-state index is 5.33. The number of rotatable bonds is 1. The fraction of sp³-hybridized carbons (Fsp3) is 0.400. The van der Waals surface area contributed by atoms with Gasteiger partial charge in [-0.15, -0.1) is 0 Å². The Hall–Kier alpha value is -1.62. The predicted molar refractivity (Wildman–Crippen MR) is 56.9 cm³/mol. The first-order valence-corrected chi connectivity index (χ1v) is 5.06. The van der Waals surface area contributed by atoms with E-state index in [2.05, 4.69) is 19.9 Å². The fourth-order valence-electron chi connectivity index (χ4n) is 1.89. The number of hydrogen-bond acceptors (Lipinski definition) is 4. The van der Waals surface area contributed by atoms with Gasteiger partial charge in [0, 0.05) is 19.3 Å². The van der Waals surface area contributed by atoms with E-state index in [0.717, 1.165) is 43.2 Å². The van der Waals surface area contributed by atoms with Crippen LogP contribution in [0.4, 0.5) is 5.69 Å². The molecule has 78 valence electrons. The highest BCUT2D eigenvalue weighted by Gasteiger charge is 2.14. The van der Waals surface area contributed by atoms with Crippen LogP contribution in [0, 0.1) is 0 Å². The van der Waals surface area contributed by atoms with E-state index in [1.165, 1.54) is 0 Å². The summed E-state index contributed by atoms with van der Waals surface area (Å²) in [5.41, 5.74) is 2.93. The number of nitrogens with zero attached hydrogens (tertiary/aromatic N) is 3. The Labute approximate surface area is 87.1 Å². The van der Waals surface area contributed by atoms with E-state index in [-0.39, 0.29) is 0 Å². The van der Waals surface area contributed by atoms with Gasteiger partial charge >= 0.3 is 0 Å². The molecular weight excluding hydrogens is 192 g/mol. The molecule has 1 N–H and O–H groups in total. The zero-order valence-corrected chi connectivity index (χ0v) is 8.31. The van der Waals surface area contributed by atoms with Crippen LogP contribution >= 0.6 is 0 Å². The zero-order chi connectivity index (χ0) is 10.1. The average Bonchev–Trinajstić information content (AvgIpc) is 2.78. The molecule has 1 aliphatic rings. The molecule has 3 heterocycles. The molecule has 2 aromatic rings. The van der Waals surface area contributed by atoms with Crippen molar-refractivity contribution in [1.82, 2.24) is 15.0 Å². The average molecular weight is 204 g/mol. The number of aromatic amines is 1. The van der Waals surface area contributed by atoms with Crippen LogP contribution in [0.25, 0.3) is 11.2 Å². The third-order valence-corrected chi connectivity index (χ3v) is 2.65. The molecule has 5 nitrogen and oxygen atoms in total. The highest BCUT2D eigenvalue weighted by molar-refractivity contribution is 5.85. The summed E-state index contributed by atoms with van der Waals surface area (Å²) in [4.78, 5) is 13.8. The number of anilines is 1. The Balaban J connectivity index is 2.05. The van der Waals surface area contributed by atoms with Gasteiger partial charge in [0.2, 0.25) is 0 Å². The van der Waals surface area contributed by atoms with E-state index in [0.29, 0.717) is 0 Å². The smallest absolute Gasteiger partial charge is 0.159 e. The lowest BCUT2D eigenvalue weighted by molar-refractivity contribution is 0.123. The molecule has 5 heteroatoms. The van der Waals surface area contributed by atoms with Gasteiger partial charge in [-0.3, -0.25) is 0 Å². The molecule has 1 saturated heterocycles. The lowest BCUT2D eigenvalue weighted by atomic mass is 10.3. The quantitative estimate of drug-likeness (QED) is 0.746. The van der Waals surface area contributed by atoms with Crippen molar-refractivity contribution in [1.29, 1.82) is 0 Å². The van der Waals surface area contributed by atoms with Gasteiger partial charge in [-0.25, -0.2) is 9.97 Å². The Bertz CT molecular complexity index is 461. The Morgan fingerprint density at radius 3 is 3.00 bits per heavy atom. The standard InChI is InChI=1S/C10H12N4O/c1-2-11-10-9(12-7-13-10)8(1)14-3-5-15-6-4-14/h1-2,7H,3-6H2,(H,11,12,13). The third kappa shape index (κ3) is 1.45. The van der Waals surface area contributed by atoms with Crippen LogP contribution < -0.4 is 4.90 Å². The molecule has 15 heavy (non-hydrogen) atoms. The highest BCUT2D eigenvalue weighted by Crippen LogP contribution is 2.22. The van der Waals surface area contributed by atoms with Crippen LogP contribution in [0.2, 0.25) is 0 Å². The molecule has 1 aliphatic heterocycles. The fourth-order valence-corrected chi connectivity index (χ4v) is 1.89. The maximum atomic E-state index is 5.33. The van der Waals surface area contributed by atoms with Crippen molar-refractivity contribution >= 4 is 16.9 Å². The van der Waals surface area contributed by atoms with Crippen LogP contribution in [0.3, 0.4) is 0 Å². The van der Waals surface area contributed by atoms with Crippen molar-refractivity contribution in [2.45, 2.75) is 0 Å². The number of morpholine rings is 1. The number of fused-ring (bicyclic) bond motifs is 1. The summed E-state index contributed by atoms with van der Waals surface area (Å²) in [5, 5.41) is 0. The summed E-state index contributed by atoms with van der Waals surface area (Å²) < 4.78 is 5.33. The van der Waals surface area contributed by atoms with Crippen molar-refractivity contribution in [3.05, 3.63) is 18.6 Å². The highest BCUT2D eigenvalue weighted by atomic mass is 16.5. The molecule has 0 spiro atoms. The van der Waals surface area contributed by atoms with Gasteiger partial charge in [0.15, 0.2) is 5.65 Å². The molecule has 3 rings (SSSR count). The number of imidazole rings is 1. The van der Waals surface area contributed by atoms with Gasteiger partial charge in [0.25, 0.3) is 0 Å². The molecule has 0 radical (unpaired) electrons. The molecule has 0 bridgehead atoms. The van der Waals surface area contributed by atoms with Crippen LogP contribution in [0.1, 0.15) is 0 Å². The first kappa shape index (κ1) is 8.67. The second-order valence-electron chi connectivity index (χ2n) is 3.53. The van der Waals surface area contributed by atoms with Crippen LogP contribution in [0.5, 0.6) is 0 Å². The normalized spacial score (nSPS) is 17.2. The second kappa shape index (κ2) is 3.51. The molecule has 2 aromatic heterocycles.